The fourth-order valence-corrected chi connectivity index (χ4v) is 11.3. The van der Waals surface area contributed by atoms with Gasteiger partial charge in [0.1, 0.15) is 11.4 Å². The van der Waals surface area contributed by atoms with Crippen molar-refractivity contribution in [1.29, 1.82) is 0 Å². The Morgan fingerprint density at radius 1 is 1.14 bits per heavy atom. The number of aliphatic hydroxyl groups is 1. The molecule has 6 aliphatic rings. The second kappa shape index (κ2) is 9.56. The molecule has 12 unspecified atom stereocenters. The first kappa shape index (κ1) is 28.4. The molecule has 0 aromatic heterocycles. The van der Waals surface area contributed by atoms with Gasteiger partial charge in [-0.05, 0) is 43.9 Å². The summed E-state index contributed by atoms with van der Waals surface area (Å²) >= 11 is 0. The van der Waals surface area contributed by atoms with Crippen molar-refractivity contribution in [2.75, 3.05) is 39.7 Å². The van der Waals surface area contributed by atoms with Crippen LogP contribution in [-0.2, 0) is 28.5 Å². The Morgan fingerprint density at radius 3 is 2.57 bits per heavy atom. The van der Waals surface area contributed by atoms with E-state index in [1.807, 2.05) is 0 Å². The van der Waals surface area contributed by atoms with E-state index < -0.39 is 34.4 Å². The van der Waals surface area contributed by atoms with E-state index >= 15 is 0 Å². The Bertz CT molecular complexity index is 1320. The Hall–Kier alpha value is -2.37. The van der Waals surface area contributed by atoms with Gasteiger partial charge in [0.25, 0.3) is 0 Å². The van der Waals surface area contributed by atoms with E-state index in [1.54, 1.807) is 45.6 Å². The highest BCUT2D eigenvalue weighted by Crippen LogP contribution is 2.77. The maximum absolute atomic E-state index is 15.0. The molecule has 228 valence electrons. The van der Waals surface area contributed by atoms with E-state index in [2.05, 4.69) is 17.1 Å². The molecule has 12 atom stereocenters. The van der Waals surface area contributed by atoms with E-state index in [0.29, 0.717) is 38.0 Å². The number of likely N-dealkylation sites (N-methyl/N-ethyl adjacent to an activating group) is 1. The molecule has 7 rings (SSSR count). The zero-order valence-corrected chi connectivity index (χ0v) is 25.0. The number of benzene rings is 1. The summed E-state index contributed by atoms with van der Waals surface area (Å²) in [6, 6.07) is 6.57. The SMILES string of the molecule is CCN1CC2(OC(=O)c3ccccc3NC(C)=O)CCC(OC)C34C5CC6C(OC)CC(O)(C(C(=O)C23)C14)C5C6OC. The topological polar surface area (TPSA) is 124 Å². The summed E-state index contributed by atoms with van der Waals surface area (Å²) in [5.74, 6) is -2.38. The number of Topliss-reactive ketones (excluding diaryl/α,β-unsaturated/α-hetero) is 1. The summed E-state index contributed by atoms with van der Waals surface area (Å²) < 4.78 is 25.0. The number of ether oxygens (including phenoxy) is 4. The van der Waals surface area contributed by atoms with Gasteiger partial charge in [-0.3, -0.25) is 14.5 Å². The molecular weight excluding hydrogens is 540 g/mol. The number of anilines is 1. The van der Waals surface area contributed by atoms with Gasteiger partial charge in [-0.2, -0.15) is 0 Å². The molecule has 5 aliphatic carbocycles. The molecule has 10 nitrogen and oxygen atoms in total. The van der Waals surface area contributed by atoms with Gasteiger partial charge in [0.15, 0.2) is 0 Å². The summed E-state index contributed by atoms with van der Waals surface area (Å²) in [5, 5.41) is 15.5. The molecular formula is C32H42N2O8. The second-order valence-corrected chi connectivity index (χ2v) is 13.5. The molecule has 10 heteroatoms. The number of hydrogen-bond acceptors (Lipinski definition) is 9. The van der Waals surface area contributed by atoms with Crippen LogP contribution in [0.5, 0.6) is 0 Å². The third-order valence-electron chi connectivity index (χ3n) is 12.2. The van der Waals surface area contributed by atoms with E-state index in [9.17, 15) is 19.5 Å². The smallest absolute Gasteiger partial charge is 0.340 e. The molecule has 1 aromatic carbocycles. The maximum Gasteiger partial charge on any atom is 0.340 e. The number of carbonyl (C=O) groups excluding carboxylic acids is 3. The highest BCUT2D eigenvalue weighted by atomic mass is 16.6. The van der Waals surface area contributed by atoms with Crippen molar-refractivity contribution in [2.24, 2.45) is 35.0 Å². The first-order valence-electron chi connectivity index (χ1n) is 15.3. The Morgan fingerprint density at radius 2 is 1.90 bits per heavy atom. The lowest BCUT2D eigenvalue weighted by molar-refractivity contribution is -0.284. The molecule has 1 aromatic rings. The maximum atomic E-state index is 15.0. The van der Waals surface area contributed by atoms with Crippen molar-refractivity contribution >= 4 is 23.3 Å². The van der Waals surface area contributed by atoms with E-state index in [0.717, 1.165) is 6.42 Å². The average molecular weight is 583 g/mol. The van der Waals surface area contributed by atoms with Crippen LogP contribution in [0.25, 0.3) is 0 Å². The van der Waals surface area contributed by atoms with Crippen LogP contribution in [0.1, 0.15) is 49.9 Å². The normalized spacial score (nSPS) is 46.4. The number of nitrogens with zero attached hydrogens (tertiary/aromatic N) is 1. The minimum atomic E-state index is -1.30. The van der Waals surface area contributed by atoms with E-state index in [1.165, 1.54) is 6.92 Å². The molecule has 2 N–H and O–H groups in total. The van der Waals surface area contributed by atoms with Crippen LogP contribution in [0, 0.1) is 35.0 Å². The Kier molecular flexibility index (Phi) is 6.47. The highest BCUT2D eigenvalue weighted by molar-refractivity contribution is 6.01. The van der Waals surface area contributed by atoms with Crippen LogP contribution < -0.4 is 5.32 Å². The lowest BCUT2D eigenvalue weighted by Crippen LogP contribution is -2.78. The van der Waals surface area contributed by atoms with Crippen LogP contribution >= 0.6 is 0 Å². The lowest BCUT2D eigenvalue weighted by atomic mass is 9.45. The average Bonchev–Trinajstić information content (AvgIpc) is 3.41. The Balaban J connectivity index is 1.39. The molecule has 1 aliphatic heterocycles. The molecule has 1 amide bonds. The van der Waals surface area contributed by atoms with Crippen LogP contribution in [0.2, 0.25) is 0 Å². The fourth-order valence-electron chi connectivity index (χ4n) is 11.3. The van der Waals surface area contributed by atoms with Gasteiger partial charge in [0.05, 0.1) is 47.0 Å². The summed E-state index contributed by atoms with van der Waals surface area (Å²) in [6.07, 6.45) is 1.57. The summed E-state index contributed by atoms with van der Waals surface area (Å²) in [4.78, 5) is 43.2. The largest absolute Gasteiger partial charge is 0.453 e. The Labute approximate surface area is 246 Å². The number of methoxy groups -OCH3 is 3. The first-order valence-corrected chi connectivity index (χ1v) is 15.3. The standard InChI is InChI=1S/C32H42N2O8/c1-6-34-15-30(42-29(37)17-9-7-8-10-20(17)33-16(2)35)12-11-22(40-4)32-19-13-18-21(39-3)14-31(38,23(19)26(18)41-5)24(28(32)34)25(36)27(30)32/h7-10,18-19,21-24,26-28,38H,6,11-15H2,1-5H3,(H,33,35). The zero-order chi connectivity index (χ0) is 29.8. The second-order valence-electron chi connectivity index (χ2n) is 13.5. The van der Waals surface area contributed by atoms with E-state index in [4.69, 9.17) is 18.9 Å². The highest BCUT2D eigenvalue weighted by Gasteiger charge is 2.87. The number of para-hydroxylation sites is 1. The van der Waals surface area contributed by atoms with Gasteiger partial charge in [0, 0.05) is 64.5 Å². The number of rotatable bonds is 7. The number of piperidine rings is 1. The fraction of sp³-hybridized carbons (Fsp3) is 0.719. The van der Waals surface area contributed by atoms with Crippen molar-refractivity contribution < 1.29 is 38.4 Å². The minimum absolute atomic E-state index is 0.0271. The molecule has 7 bridgehead atoms. The molecule has 42 heavy (non-hydrogen) atoms. The van der Waals surface area contributed by atoms with Crippen molar-refractivity contribution in [3.05, 3.63) is 29.8 Å². The van der Waals surface area contributed by atoms with E-state index in [-0.39, 0.29) is 59.4 Å². The van der Waals surface area contributed by atoms with Crippen molar-refractivity contribution in [2.45, 2.75) is 75.1 Å². The summed E-state index contributed by atoms with van der Waals surface area (Å²) in [7, 11) is 5.10. The molecule has 6 fully saturated rings. The summed E-state index contributed by atoms with van der Waals surface area (Å²) in [6.45, 7) is 4.51. The third-order valence-corrected chi connectivity index (χ3v) is 12.2. The number of hydrogen-bond donors (Lipinski definition) is 2. The molecule has 0 radical (unpaired) electrons. The molecule has 5 saturated carbocycles. The number of amides is 1. The lowest BCUT2D eigenvalue weighted by Gasteiger charge is -2.68. The first-order chi connectivity index (χ1) is 20.1. The van der Waals surface area contributed by atoms with Gasteiger partial charge in [-0.25, -0.2) is 4.79 Å². The van der Waals surface area contributed by atoms with Gasteiger partial charge in [-0.15, -0.1) is 0 Å². The van der Waals surface area contributed by atoms with Crippen LogP contribution in [0.15, 0.2) is 24.3 Å². The number of ketones is 1. The minimum Gasteiger partial charge on any atom is -0.453 e. The monoisotopic (exact) mass is 582 g/mol. The van der Waals surface area contributed by atoms with Crippen LogP contribution in [0.4, 0.5) is 5.69 Å². The van der Waals surface area contributed by atoms with Gasteiger partial charge >= 0.3 is 5.97 Å². The molecule has 1 heterocycles. The predicted molar refractivity (Wildman–Crippen MR) is 151 cm³/mol. The van der Waals surface area contributed by atoms with Crippen LogP contribution in [0.3, 0.4) is 0 Å². The van der Waals surface area contributed by atoms with Crippen molar-refractivity contribution in [1.82, 2.24) is 4.90 Å². The number of likely N-dealkylation sites (tertiary alicyclic amines) is 1. The van der Waals surface area contributed by atoms with Crippen LogP contribution in [-0.4, -0.2) is 97.6 Å². The van der Waals surface area contributed by atoms with Gasteiger partial charge < -0.3 is 29.4 Å². The number of nitrogens with one attached hydrogen (secondary N) is 1. The van der Waals surface area contributed by atoms with Gasteiger partial charge in [0.2, 0.25) is 5.91 Å². The van der Waals surface area contributed by atoms with Crippen molar-refractivity contribution in [3.63, 3.8) is 0 Å². The quantitative estimate of drug-likeness (QED) is 0.466. The number of carbonyl (C=O) groups is 3. The zero-order valence-electron chi connectivity index (χ0n) is 25.0. The van der Waals surface area contributed by atoms with Crippen molar-refractivity contribution in [3.8, 4) is 0 Å². The molecule has 1 spiro atoms. The number of esters is 1. The third kappa shape index (κ3) is 3.30. The molecule has 1 saturated heterocycles. The number of fused-ring (bicyclic) bond motifs is 2. The van der Waals surface area contributed by atoms with Gasteiger partial charge in [-0.1, -0.05) is 19.1 Å². The summed E-state index contributed by atoms with van der Waals surface area (Å²) in [5.41, 5.74) is -2.41. The predicted octanol–water partition coefficient (Wildman–Crippen LogP) is 2.29.